The highest BCUT2D eigenvalue weighted by Gasteiger charge is 2.26. The monoisotopic (exact) mass is 331 g/mol. The van der Waals surface area contributed by atoms with Gasteiger partial charge < -0.3 is 0 Å². The fourth-order valence-electron chi connectivity index (χ4n) is 1.73. The molecule has 2 aromatic heterocycles. The molecule has 2 aromatic rings. The molecule has 0 saturated carbocycles. The second kappa shape index (κ2) is 5.77. The van der Waals surface area contributed by atoms with E-state index in [0.717, 1.165) is 17.0 Å². The van der Waals surface area contributed by atoms with Crippen LogP contribution >= 0.6 is 22.9 Å². The first-order chi connectivity index (χ1) is 9.30. The lowest BCUT2D eigenvalue weighted by molar-refractivity contribution is 0.463. The van der Waals surface area contributed by atoms with Crippen LogP contribution in [0.1, 0.15) is 17.1 Å². The van der Waals surface area contributed by atoms with Gasteiger partial charge in [-0.1, -0.05) is 29.0 Å². The summed E-state index contributed by atoms with van der Waals surface area (Å²) in [6.07, 6.45) is 0. The molecular weight excluding hydrogens is 318 g/mol. The van der Waals surface area contributed by atoms with E-state index in [2.05, 4.69) is 9.97 Å². The highest BCUT2D eigenvalue weighted by atomic mass is 35.5. The summed E-state index contributed by atoms with van der Waals surface area (Å²) >= 11 is 6.74. The molecule has 0 aromatic carbocycles. The second-order valence-corrected chi connectivity index (χ2v) is 8.19. The fourth-order valence-corrected chi connectivity index (χ4v) is 4.80. The van der Waals surface area contributed by atoms with Crippen LogP contribution < -0.4 is 0 Å². The van der Waals surface area contributed by atoms with Gasteiger partial charge in [-0.3, -0.25) is 4.98 Å². The van der Waals surface area contributed by atoms with Crippen molar-refractivity contribution >= 4 is 33.0 Å². The average Bonchev–Trinajstić information content (AvgIpc) is 2.69. The summed E-state index contributed by atoms with van der Waals surface area (Å²) in [5, 5.41) is 0. The Bertz CT molecular complexity index is 728. The lowest BCUT2D eigenvalue weighted by atomic mass is 10.3. The van der Waals surface area contributed by atoms with Gasteiger partial charge in [0.25, 0.3) is 10.0 Å². The Morgan fingerprint density at radius 3 is 2.55 bits per heavy atom. The van der Waals surface area contributed by atoms with Crippen molar-refractivity contribution in [3.05, 3.63) is 39.7 Å². The first-order valence-corrected chi connectivity index (χ1v) is 8.46. The van der Waals surface area contributed by atoms with E-state index in [1.54, 1.807) is 13.0 Å². The number of aromatic nitrogens is 2. The van der Waals surface area contributed by atoms with Gasteiger partial charge in [0.2, 0.25) is 0 Å². The average molecular weight is 332 g/mol. The molecule has 0 N–H and O–H groups in total. The number of nitrogens with zero attached hydrogens (tertiary/aromatic N) is 3. The predicted molar refractivity (Wildman–Crippen MR) is 79.5 cm³/mol. The van der Waals surface area contributed by atoms with Crippen LogP contribution in [0.4, 0.5) is 0 Å². The molecule has 0 spiro atoms. The van der Waals surface area contributed by atoms with E-state index in [-0.39, 0.29) is 15.2 Å². The van der Waals surface area contributed by atoms with Crippen molar-refractivity contribution in [2.24, 2.45) is 0 Å². The van der Waals surface area contributed by atoms with Crippen LogP contribution in [0.15, 0.2) is 22.4 Å². The molecule has 0 aliphatic carbocycles. The minimum Gasteiger partial charge on any atom is -0.257 e. The van der Waals surface area contributed by atoms with Crippen LogP contribution in [0.2, 0.25) is 4.47 Å². The highest BCUT2D eigenvalue weighted by Crippen LogP contribution is 2.29. The summed E-state index contributed by atoms with van der Waals surface area (Å²) in [5.41, 5.74) is 1.97. The van der Waals surface area contributed by atoms with Gasteiger partial charge in [-0.05, 0) is 26.0 Å². The maximum atomic E-state index is 12.5. The maximum Gasteiger partial charge on any atom is 0.254 e. The zero-order valence-electron chi connectivity index (χ0n) is 11.3. The van der Waals surface area contributed by atoms with Gasteiger partial charge in [0.05, 0.1) is 17.9 Å². The summed E-state index contributed by atoms with van der Waals surface area (Å²) in [4.78, 5) is 8.25. The molecule has 0 atom stereocenters. The molecule has 5 nitrogen and oxygen atoms in total. The van der Waals surface area contributed by atoms with E-state index >= 15 is 0 Å². The van der Waals surface area contributed by atoms with Gasteiger partial charge in [0, 0.05) is 12.7 Å². The third-order valence-electron chi connectivity index (χ3n) is 2.70. The van der Waals surface area contributed by atoms with Crippen molar-refractivity contribution in [1.29, 1.82) is 0 Å². The molecule has 0 unspecified atom stereocenters. The first-order valence-electron chi connectivity index (χ1n) is 5.82. The number of aryl methyl sites for hydroxylation is 2. The Morgan fingerprint density at radius 2 is 2.00 bits per heavy atom. The molecule has 2 heterocycles. The normalized spacial score (nSPS) is 12.1. The molecule has 0 fully saturated rings. The molecular formula is C12H14ClN3O2S2. The van der Waals surface area contributed by atoms with Crippen LogP contribution in [0.3, 0.4) is 0 Å². The highest BCUT2D eigenvalue weighted by molar-refractivity contribution is 7.91. The largest absolute Gasteiger partial charge is 0.257 e. The van der Waals surface area contributed by atoms with Gasteiger partial charge in [-0.25, -0.2) is 13.4 Å². The molecule has 0 amide bonds. The summed E-state index contributed by atoms with van der Waals surface area (Å²) < 4.78 is 26.6. The number of thiazole rings is 1. The van der Waals surface area contributed by atoms with E-state index < -0.39 is 10.0 Å². The molecule has 2 rings (SSSR count). The van der Waals surface area contributed by atoms with E-state index in [0.29, 0.717) is 11.4 Å². The van der Waals surface area contributed by atoms with Crippen LogP contribution in [-0.2, 0) is 16.6 Å². The second-order valence-electron chi connectivity index (χ2n) is 4.37. The standard InChI is InChI=1S/C12H14ClN3O2S2/c1-8-5-4-6-10(14-8)7-16(3)20(17,18)11-9(2)15-12(13)19-11/h4-6H,7H2,1-3H3. The van der Waals surface area contributed by atoms with Crippen molar-refractivity contribution in [2.45, 2.75) is 24.6 Å². The summed E-state index contributed by atoms with van der Waals surface area (Å²) in [5.74, 6) is 0. The molecule has 8 heteroatoms. The molecule has 20 heavy (non-hydrogen) atoms. The molecule has 108 valence electrons. The van der Waals surface area contributed by atoms with Gasteiger partial charge in [0.1, 0.15) is 0 Å². The predicted octanol–water partition coefficient (Wildman–Crippen LogP) is 2.63. The van der Waals surface area contributed by atoms with Crippen molar-refractivity contribution < 1.29 is 8.42 Å². The van der Waals surface area contributed by atoms with E-state index in [1.807, 2.05) is 19.1 Å². The maximum absolute atomic E-state index is 12.5. The Balaban J connectivity index is 2.28. The molecule has 0 saturated heterocycles. The van der Waals surface area contributed by atoms with E-state index in [4.69, 9.17) is 11.6 Å². The lowest BCUT2D eigenvalue weighted by Crippen LogP contribution is -2.26. The zero-order valence-corrected chi connectivity index (χ0v) is 13.7. The third kappa shape index (κ3) is 3.17. The third-order valence-corrected chi connectivity index (χ3v) is 6.36. The molecule has 0 bridgehead atoms. The van der Waals surface area contributed by atoms with Crippen LogP contribution in [0, 0.1) is 13.8 Å². The smallest absolute Gasteiger partial charge is 0.254 e. The minimum atomic E-state index is -3.59. The van der Waals surface area contributed by atoms with Crippen LogP contribution in [0.5, 0.6) is 0 Å². The van der Waals surface area contributed by atoms with Gasteiger partial charge in [0.15, 0.2) is 8.68 Å². The minimum absolute atomic E-state index is 0.178. The van der Waals surface area contributed by atoms with Crippen molar-refractivity contribution in [2.75, 3.05) is 7.05 Å². The Labute approximate surface area is 127 Å². The SMILES string of the molecule is Cc1cccc(CN(C)S(=O)(=O)c2sc(Cl)nc2C)n1. The number of hydrogen-bond acceptors (Lipinski definition) is 5. The number of rotatable bonds is 4. The van der Waals surface area contributed by atoms with Crippen LogP contribution in [-0.4, -0.2) is 29.7 Å². The molecule has 0 aliphatic heterocycles. The fraction of sp³-hybridized carbons (Fsp3) is 0.333. The Morgan fingerprint density at radius 1 is 1.30 bits per heavy atom. The quantitative estimate of drug-likeness (QED) is 0.864. The summed E-state index contributed by atoms with van der Waals surface area (Å²) in [7, 11) is -2.07. The lowest BCUT2D eigenvalue weighted by Gasteiger charge is -2.16. The van der Waals surface area contributed by atoms with Crippen molar-refractivity contribution in [3.8, 4) is 0 Å². The molecule has 0 aliphatic rings. The van der Waals surface area contributed by atoms with Crippen LogP contribution in [0.25, 0.3) is 0 Å². The number of halogens is 1. The first kappa shape index (κ1) is 15.4. The number of pyridine rings is 1. The Hall–Kier alpha value is -1.02. The van der Waals surface area contributed by atoms with Gasteiger partial charge >= 0.3 is 0 Å². The van der Waals surface area contributed by atoms with Crippen molar-refractivity contribution in [3.63, 3.8) is 0 Å². The van der Waals surface area contributed by atoms with Gasteiger partial charge in [-0.2, -0.15) is 4.31 Å². The number of hydrogen-bond donors (Lipinski definition) is 0. The zero-order chi connectivity index (χ0) is 14.9. The molecule has 0 radical (unpaired) electrons. The summed E-state index contributed by atoms with van der Waals surface area (Å²) in [6.45, 7) is 3.71. The summed E-state index contributed by atoms with van der Waals surface area (Å²) in [6, 6.07) is 5.52. The van der Waals surface area contributed by atoms with Gasteiger partial charge in [-0.15, -0.1) is 0 Å². The van der Waals surface area contributed by atoms with E-state index in [1.165, 1.54) is 11.4 Å². The number of sulfonamides is 1. The van der Waals surface area contributed by atoms with E-state index in [9.17, 15) is 8.42 Å². The van der Waals surface area contributed by atoms with Crippen molar-refractivity contribution in [1.82, 2.24) is 14.3 Å². The topological polar surface area (TPSA) is 63.2 Å². The Kier molecular flexibility index (Phi) is 4.43.